The molecule has 6 nitrogen and oxygen atoms in total. The Morgan fingerprint density at radius 3 is 2.75 bits per heavy atom. The molecule has 0 aromatic heterocycles. The lowest BCUT2D eigenvalue weighted by Gasteiger charge is -2.36. The molecule has 2 fully saturated rings. The highest BCUT2D eigenvalue weighted by molar-refractivity contribution is 8.56. The van der Waals surface area contributed by atoms with Crippen molar-refractivity contribution in [3.63, 3.8) is 0 Å². The second-order valence-corrected chi connectivity index (χ2v) is 10.9. The first-order valence-corrected chi connectivity index (χ1v) is 10.8. The molecule has 1 aromatic carbocycles. The number of nitro benzene ring substituents is 1. The van der Waals surface area contributed by atoms with E-state index in [0.29, 0.717) is 11.7 Å². The van der Waals surface area contributed by atoms with E-state index in [9.17, 15) is 14.7 Å². The van der Waals surface area contributed by atoms with Crippen molar-refractivity contribution in [2.75, 3.05) is 0 Å². The summed E-state index contributed by atoms with van der Waals surface area (Å²) in [6.07, 6.45) is 2.57. The van der Waals surface area contributed by atoms with Gasteiger partial charge < -0.3 is 4.52 Å². The Labute approximate surface area is 145 Å². The highest BCUT2D eigenvalue weighted by Gasteiger charge is 2.56. The third-order valence-electron chi connectivity index (χ3n) is 4.71. The molecule has 8 heteroatoms. The summed E-state index contributed by atoms with van der Waals surface area (Å²) < 4.78 is 24.2. The molecule has 1 unspecified atom stereocenters. The second-order valence-electron chi connectivity index (χ2n) is 6.61. The molecular weight excluding hydrogens is 349 g/mol. The van der Waals surface area contributed by atoms with E-state index in [2.05, 4.69) is 13.5 Å². The molecule has 4 atom stereocenters. The molecular formula is C16H20NO5PS. The van der Waals surface area contributed by atoms with Crippen LogP contribution >= 0.6 is 18.2 Å². The maximum Gasteiger partial charge on any atom is 0.441 e. The van der Waals surface area contributed by atoms with Gasteiger partial charge in [-0.05, 0) is 62.5 Å². The molecule has 3 rings (SSSR count). The van der Waals surface area contributed by atoms with Crippen molar-refractivity contribution >= 4 is 23.9 Å². The topological polar surface area (TPSA) is 78.7 Å². The van der Waals surface area contributed by atoms with Crippen LogP contribution in [0.4, 0.5) is 5.69 Å². The van der Waals surface area contributed by atoms with Crippen LogP contribution in [0.5, 0.6) is 5.75 Å². The van der Waals surface area contributed by atoms with Gasteiger partial charge in [-0.3, -0.25) is 14.6 Å². The zero-order valence-corrected chi connectivity index (χ0v) is 15.3. The molecule has 1 aliphatic carbocycles. The van der Waals surface area contributed by atoms with Crippen LogP contribution in [-0.4, -0.2) is 15.8 Å². The normalized spacial score (nSPS) is 35.2. The molecule has 1 aliphatic heterocycles. The van der Waals surface area contributed by atoms with Gasteiger partial charge >= 0.3 is 6.80 Å². The number of non-ortho nitro benzene ring substituents is 1. The van der Waals surface area contributed by atoms with Crippen LogP contribution in [0.3, 0.4) is 0 Å². The molecule has 1 heterocycles. The maximum absolute atomic E-state index is 13.0. The average Bonchev–Trinajstić information content (AvgIpc) is 2.76. The zero-order chi connectivity index (χ0) is 17.5. The van der Waals surface area contributed by atoms with Crippen LogP contribution in [0, 0.1) is 16.0 Å². The summed E-state index contributed by atoms with van der Waals surface area (Å²) in [5, 5.41) is 10.7. The van der Waals surface area contributed by atoms with Crippen LogP contribution in [0.2, 0.25) is 0 Å². The van der Waals surface area contributed by atoms with E-state index in [1.807, 2.05) is 6.92 Å². The van der Waals surface area contributed by atoms with Crippen LogP contribution in [-0.2, 0) is 9.09 Å². The highest BCUT2D eigenvalue weighted by atomic mass is 32.7. The van der Waals surface area contributed by atoms with Crippen LogP contribution in [0.25, 0.3) is 0 Å². The SMILES string of the molecule is C=C(C)[C@@H]1CC[C@]2(C)SP(=O)(Oc3ccc([N+](=O)[O-])cc3)O[C@@H]2C1. The van der Waals surface area contributed by atoms with E-state index in [1.165, 1.54) is 35.6 Å². The van der Waals surface area contributed by atoms with Gasteiger partial charge in [-0.25, -0.2) is 4.57 Å². The van der Waals surface area contributed by atoms with Crippen molar-refractivity contribution in [3.05, 3.63) is 46.5 Å². The van der Waals surface area contributed by atoms with Gasteiger partial charge in [0.2, 0.25) is 0 Å². The Bertz CT molecular complexity index is 722. The van der Waals surface area contributed by atoms with Gasteiger partial charge in [-0.2, -0.15) is 0 Å². The van der Waals surface area contributed by atoms with E-state index in [0.717, 1.165) is 24.8 Å². The monoisotopic (exact) mass is 369 g/mol. The first-order valence-electron chi connectivity index (χ1n) is 7.79. The maximum atomic E-state index is 13.0. The number of fused-ring (bicyclic) bond motifs is 1. The van der Waals surface area contributed by atoms with Crippen molar-refractivity contribution in [2.24, 2.45) is 5.92 Å². The Balaban J connectivity index is 1.74. The predicted molar refractivity (Wildman–Crippen MR) is 94.4 cm³/mol. The van der Waals surface area contributed by atoms with Gasteiger partial charge in [0.15, 0.2) is 0 Å². The van der Waals surface area contributed by atoms with Gasteiger partial charge in [0.25, 0.3) is 5.69 Å². The number of hydrogen-bond donors (Lipinski definition) is 0. The molecule has 1 saturated carbocycles. The molecule has 0 amide bonds. The first-order chi connectivity index (χ1) is 11.2. The molecule has 0 N–H and O–H groups in total. The fraction of sp³-hybridized carbons (Fsp3) is 0.500. The molecule has 0 bridgehead atoms. The van der Waals surface area contributed by atoms with E-state index < -0.39 is 11.7 Å². The van der Waals surface area contributed by atoms with Crippen molar-refractivity contribution in [3.8, 4) is 5.75 Å². The molecule has 24 heavy (non-hydrogen) atoms. The summed E-state index contributed by atoms with van der Waals surface area (Å²) in [6.45, 7) is 4.77. The largest absolute Gasteiger partial charge is 0.441 e. The number of rotatable bonds is 4. The lowest BCUT2D eigenvalue weighted by Crippen LogP contribution is -2.39. The molecule has 2 aliphatic rings. The van der Waals surface area contributed by atoms with Crippen LogP contribution < -0.4 is 4.52 Å². The highest BCUT2D eigenvalue weighted by Crippen LogP contribution is 2.74. The van der Waals surface area contributed by atoms with E-state index >= 15 is 0 Å². The van der Waals surface area contributed by atoms with Gasteiger partial charge in [0.1, 0.15) is 5.75 Å². The molecule has 130 valence electrons. The van der Waals surface area contributed by atoms with Gasteiger partial charge in [-0.1, -0.05) is 12.2 Å². The van der Waals surface area contributed by atoms with Gasteiger partial charge in [-0.15, -0.1) is 0 Å². The van der Waals surface area contributed by atoms with Crippen molar-refractivity contribution < 1.29 is 18.5 Å². The van der Waals surface area contributed by atoms with E-state index in [-0.39, 0.29) is 16.5 Å². The number of allylic oxidation sites excluding steroid dienone is 1. The van der Waals surface area contributed by atoms with Crippen molar-refractivity contribution in [1.82, 2.24) is 0 Å². The lowest BCUT2D eigenvalue weighted by atomic mass is 9.77. The first kappa shape index (κ1) is 17.5. The van der Waals surface area contributed by atoms with Crippen LogP contribution in [0.15, 0.2) is 36.4 Å². The fourth-order valence-corrected chi connectivity index (χ4v) is 8.34. The van der Waals surface area contributed by atoms with Crippen molar-refractivity contribution in [2.45, 2.75) is 44.0 Å². The minimum Gasteiger partial charge on any atom is -0.417 e. The predicted octanol–water partition coefficient (Wildman–Crippen LogP) is 5.35. The van der Waals surface area contributed by atoms with E-state index in [4.69, 9.17) is 9.05 Å². The zero-order valence-electron chi connectivity index (χ0n) is 13.6. The number of benzene rings is 1. The van der Waals surface area contributed by atoms with Crippen LogP contribution in [0.1, 0.15) is 33.1 Å². The minimum absolute atomic E-state index is 0.0365. The smallest absolute Gasteiger partial charge is 0.417 e. The quantitative estimate of drug-likeness (QED) is 0.308. The Morgan fingerprint density at radius 1 is 1.50 bits per heavy atom. The lowest BCUT2D eigenvalue weighted by molar-refractivity contribution is -0.384. The Hall–Kier alpha value is -1.30. The summed E-state index contributed by atoms with van der Waals surface area (Å²) in [5.41, 5.74) is 1.09. The average molecular weight is 369 g/mol. The van der Waals surface area contributed by atoms with E-state index in [1.54, 1.807) is 0 Å². The third-order valence-corrected chi connectivity index (χ3v) is 9.17. The molecule has 0 radical (unpaired) electrons. The fourth-order valence-electron chi connectivity index (χ4n) is 3.18. The standard InChI is InChI=1S/C16H20NO5PS/c1-11(2)12-8-9-16(3)15(10-12)22-23(20,24-16)21-14-6-4-13(5-7-14)17(18)19/h4-7,12,15H,1,8-10H2,2-3H3/t12-,15-,16+,23?/m1/s1. The Morgan fingerprint density at radius 2 is 2.17 bits per heavy atom. The second kappa shape index (κ2) is 6.21. The Kier molecular flexibility index (Phi) is 4.53. The molecule has 1 saturated heterocycles. The van der Waals surface area contributed by atoms with Gasteiger partial charge in [0, 0.05) is 12.1 Å². The number of nitrogens with zero attached hydrogens (tertiary/aromatic N) is 1. The molecule has 1 aromatic rings. The summed E-state index contributed by atoms with van der Waals surface area (Å²) in [4.78, 5) is 10.2. The third kappa shape index (κ3) is 3.39. The summed E-state index contributed by atoms with van der Waals surface area (Å²) >= 11 is 1.27. The number of hydrogen-bond acceptors (Lipinski definition) is 6. The van der Waals surface area contributed by atoms with Crippen molar-refractivity contribution in [1.29, 1.82) is 0 Å². The van der Waals surface area contributed by atoms with Gasteiger partial charge in [0.05, 0.1) is 15.8 Å². The summed E-state index contributed by atoms with van der Waals surface area (Å²) in [6, 6.07) is 5.55. The number of nitro groups is 1. The summed E-state index contributed by atoms with van der Waals surface area (Å²) in [7, 11) is 0. The minimum atomic E-state index is -3.34. The summed E-state index contributed by atoms with van der Waals surface area (Å²) in [5.74, 6) is 0.699. The molecule has 0 spiro atoms.